The van der Waals surface area contributed by atoms with Crippen LogP contribution in [-0.2, 0) is 11.3 Å². The number of ether oxygens (including phenoxy) is 1. The highest BCUT2D eigenvalue weighted by atomic mass is 19.1. The first-order valence-corrected chi connectivity index (χ1v) is 6.22. The number of hydrogen-bond donors (Lipinski definition) is 0. The predicted octanol–water partition coefficient (Wildman–Crippen LogP) is 3.75. The van der Waals surface area contributed by atoms with Gasteiger partial charge in [0.1, 0.15) is 17.7 Å². The lowest BCUT2D eigenvalue weighted by Gasteiger charge is -2.12. The van der Waals surface area contributed by atoms with Crippen molar-refractivity contribution in [3.8, 4) is 0 Å². The first-order chi connectivity index (χ1) is 9.58. The zero-order valence-electron chi connectivity index (χ0n) is 11.0. The zero-order valence-corrected chi connectivity index (χ0v) is 11.0. The van der Waals surface area contributed by atoms with Crippen molar-refractivity contribution in [3.05, 3.63) is 71.3 Å². The molecule has 0 bridgehead atoms. The summed E-state index contributed by atoms with van der Waals surface area (Å²) < 4.78 is 31.6. The Hall–Kier alpha value is -2.07. The summed E-state index contributed by atoms with van der Waals surface area (Å²) >= 11 is 0. The molecule has 20 heavy (non-hydrogen) atoms. The molecule has 2 nitrogen and oxygen atoms in total. The van der Waals surface area contributed by atoms with Crippen LogP contribution >= 0.6 is 0 Å². The Morgan fingerprint density at radius 1 is 1.10 bits per heavy atom. The van der Waals surface area contributed by atoms with Crippen molar-refractivity contribution in [2.45, 2.75) is 19.6 Å². The van der Waals surface area contributed by atoms with Gasteiger partial charge in [-0.05, 0) is 37.3 Å². The molecule has 104 valence electrons. The van der Waals surface area contributed by atoms with E-state index in [1.165, 1.54) is 30.3 Å². The quantitative estimate of drug-likeness (QED) is 0.777. The summed E-state index contributed by atoms with van der Waals surface area (Å²) in [6.45, 7) is 1.60. The SMILES string of the molecule is CC(OCc1ccccc1F)C(=O)c1ccc(F)cc1. The lowest BCUT2D eigenvalue weighted by molar-refractivity contribution is 0.0403. The van der Waals surface area contributed by atoms with Gasteiger partial charge in [-0.25, -0.2) is 8.78 Å². The average Bonchev–Trinajstić information content (AvgIpc) is 2.46. The van der Waals surface area contributed by atoms with Crippen LogP contribution in [-0.4, -0.2) is 11.9 Å². The van der Waals surface area contributed by atoms with Gasteiger partial charge in [-0.15, -0.1) is 0 Å². The smallest absolute Gasteiger partial charge is 0.191 e. The number of Topliss-reactive ketones (excluding diaryl/α,β-unsaturated/α-hetero) is 1. The molecule has 0 fully saturated rings. The fourth-order valence-electron chi connectivity index (χ4n) is 1.75. The summed E-state index contributed by atoms with van der Waals surface area (Å²) in [6, 6.07) is 11.5. The monoisotopic (exact) mass is 276 g/mol. The number of ketones is 1. The third kappa shape index (κ3) is 3.48. The maximum absolute atomic E-state index is 13.4. The molecule has 2 aromatic rings. The highest BCUT2D eigenvalue weighted by Gasteiger charge is 2.16. The standard InChI is InChI=1S/C16H14F2O2/c1-11(16(19)12-6-8-14(17)9-7-12)20-10-13-4-2-3-5-15(13)18/h2-9,11H,10H2,1H3. The van der Waals surface area contributed by atoms with Crippen LogP contribution in [0.25, 0.3) is 0 Å². The van der Waals surface area contributed by atoms with Crippen LogP contribution in [0.15, 0.2) is 48.5 Å². The molecule has 0 aliphatic carbocycles. The molecule has 0 saturated heterocycles. The molecule has 4 heteroatoms. The van der Waals surface area contributed by atoms with E-state index in [2.05, 4.69) is 0 Å². The topological polar surface area (TPSA) is 26.3 Å². The van der Waals surface area contributed by atoms with E-state index >= 15 is 0 Å². The second-order valence-corrected chi connectivity index (χ2v) is 4.42. The molecule has 0 spiro atoms. The van der Waals surface area contributed by atoms with Gasteiger partial charge in [0.15, 0.2) is 5.78 Å². The van der Waals surface area contributed by atoms with E-state index in [1.54, 1.807) is 25.1 Å². The molecular formula is C16H14F2O2. The van der Waals surface area contributed by atoms with Crippen molar-refractivity contribution in [1.82, 2.24) is 0 Å². The Morgan fingerprint density at radius 3 is 2.40 bits per heavy atom. The van der Waals surface area contributed by atoms with Crippen LogP contribution in [0.1, 0.15) is 22.8 Å². The summed E-state index contributed by atoms with van der Waals surface area (Å²) in [7, 11) is 0. The van der Waals surface area contributed by atoms with Gasteiger partial charge in [0.2, 0.25) is 0 Å². The molecule has 1 unspecified atom stereocenters. The number of hydrogen-bond acceptors (Lipinski definition) is 2. The van der Waals surface area contributed by atoms with Crippen molar-refractivity contribution in [2.24, 2.45) is 0 Å². The Kier molecular flexibility index (Phi) is 4.58. The highest BCUT2D eigenvalue weighted by molar-refractivity contribution is 5.99. The molecule has 2 aromatic carbocycles. The maximum Gasteiger partial charge on any atom is 0.191 e. The Labute approximate surface area is 116 Å². The summed E-state index contributed by atoms with van der Waals surface area (Å²) in [5, 5.41) is 0. The van der Waals surface area contributed by atoms with E-state index < -0.39 is 11.9 Å². The Morgan fingerprint density at radius 2 is 1.75 bits per heavy atom. The number of carbonyl (C=O) groups is 1. The van der Waals surface area contributed by atoms with Gasteiger partial charge in [-0.2, -0.15) is 0 Å². The molecule has 0 aliphatic heterocycles. The molecule has 0 N–H and O–H groups in total. The van der Waals surface area contributed by atoms with Crippen LogP contribution in [0.3, 0.4) is 0 Å². The van der Waals surface area contributed by atoms with Gasteiger partial charge in [0.25, 0.3) is 0 Å². The summed E-state index contributed by atoms with van der Waals surface area (Å²) in [4.78, 5) is 12.0. The Balaban J connectivity index is 1.98. The molecule has 0 radical (unpaired) electrons. The first kappa shape index (κ1) is 14.3. The number of halogens is 2. The molecule has 0 saturated carbocycles. The van der Waals surface area contributed by atoms with Gasteiger partial charge in [0, 0.05) is 11.1 Å². The van der Waals surface area contributed by atoms with Crippen LogP contribution in [0, 0.1) is 11.6 Å². The second-order valence-electron chi connectivity index (χ2n) is 4.42. The highest BCUT2D eigenvalue weighted by Crippen LogP contribution is 2.12. The minimum absolute atomic E-state index is 0.0147. The van der Waals surface area contributed by atoms with E-state index in [0.717, 1.165) is 0 Å². The molecular weight excluding hydrogens is 262 g/mol. The van der Waals surface area contributed by atoms with E-state index in [1.807, 2.05) is 0 Å². The largest absolute Gasteiger partial charge is 0.366 e. The number of carbonyl (C=O) groups excluding carboxylic acids is 1. The minimum atomic E-state index is -0.722. The third-order valence-electron chi connectivity index (χ3n) is 2.94. The van der Waals surface area contributed by atoms with Crippen molar-refractivity contribution in [1.29, 1.82) is 0 Å². The fraction of sp³-hybridized carbons (Fsp3) is 0.188. The van der Waals surface area contributed by atoms with Crippen molar-refractivity contribution in [3.63, 3.8) is 0 Å². The summed E-state index contributed by atoms with van der Waals surface area (Å²) in [5.41, 5.74) is 0.763. The third-order valence-corrected chi connectivity index (χ3v) is 2.94. The molecule has 2 rings (SSSR count). The minimum Gasteiger partial charge on any atom is -0.366 e. The molecule has 0 heterocycles. The maximum atomic E-state index is 13.4. The van der Waals surface area contributed by atoms with Crippen LogP contribution in [0.4, 0.5) is 8.78 Å². The van der Waals surface area contributed by atoms with Crippen LogP contribution in [0.2, 0.25) is 0 Å². The number of benzene rings is 2. The molecule has 0 aliphatic rings. The first-order valence-electron chi connectivity index (χ1n) is 6.22. The van der Waals surface area contributed by atoms with Crippen molar-refractivity contribution >= 4 is 5.78 Å². The molecule has 1 atom stereocenters. The summed E-state index contributed by atoms with van der Waals surface area (Å²) in [5.74, 6) is -1.03. The van der Waals surface area contributed by atoms with E-state index in [4.69, 9.17) is 4.74 Å². The van der Waals surface area contributed by atoms with E-state index in [0.29, 0.717) is 11.1 Å². The lowest BCUT2D eigenvalue weighted by Crippen LogP contribution is -2.21. The van der Waals surface area contributed by atoms with Crippen LogP contribution < -0.4 is 0 Å². The normalized spacial score (nSPS) is 12.2. The molecule has 0 amide bonds. The predicted molar refractivity (Wildman–Crippen MR) is 71.4 cm³/mol. The van der Waals surface area contributed by atoms with Crippen molar-refractivity contribution in [2.75, 3.05) is 0 Å². The Bertz CT molecular complexity index is 594. The summed E-state index contributed by atoms with van der Waals surface area (Å²) in [6.07, 6.45) is -0.722. The van der Waals surface area contributed by atoms with Gasteiger partial charge >= 0.3 is 0 Å². The fourth-order valence-corrected chi connectivity index (χ4v) is 1.75. The number of rotatable bonds is 5. The van der Waals surface area contributed by atoms with E-state index in [-0.39, 0.29) is 18.2 Å². The van der Waals surface area contributed by atoms with Gasteiger partial charge in [-0.1, -0.05) is 18.2 Å². The van der Waals surface area contributed by atoms with Gasteiger partial charge < -0.3 is 4.74 Å². The van der Waals surface area contributed by atoms with E-state index in [9.17, 15) is 13.6 Å². The average molecular weight is 276 g/mol. The zero-order chi connectivity index (χ0) is 14.5. The van der Waals surface area contributed by atoms with Crippen molar-refractivity contribution < 1.29 is 18.3 Å². The second kappa shape index (κ2) is 6.39. The molecule has 0 aromatic heterocycles. The van der Waals surface area contributed by atoms with Gasteiger partial charge in [0.05, 0.1) is 6.61 Å². The lowest BCUT2D eigenvalue weighted by atomic mass is 10.1. The van der Waals surface area contributed by atoms with Gasteiger partial charge in [-0.3, -0.25) is 4.79 Å². The van der Waals surface area contributed by atoms with Crippen LogP contribution in [0.5, 0.6) is 0 Å².